The Balaban J connectivity index is 1.24. The van der Waals surface area contributed by atoms with Gasteiger partial charge in [0.15, 0.2) is 5.96 Å². The molecule has 4 rings (SSSR count). The van der Waals surface area contributed by atoms with Crippen molar-refractivity contribution in [2.45, 2.75) is 19.3 Å². The molecule has 2 aliphatic rings. The number of benzene rings is 2. The fourth-order valence-corrected chi connectivity index (χ4v) is 4.58. The van der Waals surface area contributed by atoms with Crippen molar-refractivity contribution in [3.63, 3.8) is 0 Å². The van der Waals surface area contributed by atoms with Gasteiger partial charge in [-0.2, -0.15) is 0 Å². The van der Waals surface area contributed by atoms with Gasteiger partial charge in [0.2, 0.25) is 0 Å². The van der Waals surface area contributed by atoms with Gasteiger partial charge in [-0.1, -0.05) is 48.5 Å². The van der Waals surface area contributed by atoms with Gasteiger partial charge in [-0.05, 0) is 48.8 Å². The summed E-state index contributed by atoms with van der Waals surface area (Å²) in [6.07, 6.45) is 3.67. The zero-order valence-electron chi connectivity index (χ0n) is 16.9. The quantitative estimate of drug-likeness (QED) is 0.638. The zero-order valence-corrected chi connectivity index (χ0v) is 16.9. The van der Waals surface area contributed by atoms with Crippen LogP contribution in [0.2, 0.25) is 0 Å². The minimum absolute atomic E-state index is 0.680. The molecule has 2 aromatic carbocycles. The number of rotatable bonds is 5. The Hall–Kier alpha value is -2.49. The molecule has 0 radical (unpaired) electrons. The average molecular weight is 377 g/mol. The van der Waals surface area contributed by atoms with E-state index in [1.54, 1.807) is 0 Å². The van der Waals surface area contributed by atoms with Crippen LogP contribution in [0.25, 0.3) is 0 Å². The topological polar surface area (TPSA) is 30.9 Å². The van der Waals surface area contributed by atoms with Crippen molar-refractivity contribution in [1.82, 2.24) is 10.2 Å². The van der Waals surface area contributed by atoms with Crippen LogP contribution in [0.5, 0.6) is 0 Å². The Bertz CT molecular complexity index is 759. The summed E-state index contributed by atoms with van der Waals surface area (Å²) < 4.78 is 0. The molecule has 4 heteroatoms. The zero-order chi connectivity index (χ0) is 19.2. The third kappa shape index (κ3) is 4.67. The molecule has 2 aromatic rings. The van der Waals surface area contributed by atoms with Crippen molar-refractivity contribution in [2.24, 2.45) is 16.8 Å². The number of nitrogens with one attached hydrogen (secondary N) is 1. The van der Waals surface area contributed by atoms with Crippen LogP contribution in [0.3, 0.4) is 0 Å². The smallest absolute Gasteiger partial charge is 0.193 e. The molecule has 2 fully saturated rings. The minimum atomic E-state index is 0.680. The lowest BCUT2D eigenvalue weighted by molar-refractivity contribution is 0.450. The second kappa shape index (κ2) is 9.13. The summed E-state index contributed by atoms with van der Waals surface area (Å²) in [5.74, 6) is 2.48. The van der Waals surface area contributed by atoms with Crippen molar-refractivity contribution in [3.05, 3.63) is 66.2 Å². The van der Waals surface area contributed by atoms with E-state index in [0.717, 1.165) is 44.6 Å². The van der Waals surface area contributed by atoms with E-state index in [9.17, 15) is 0 Å². The Morgan fingerprint density at radius 1 is 0.929 bits per heavy atom. The van der Waals surface area contributed by atoms with E-state index >= 15 is 0 Å². The molecule has 28 heavy (non-hydrogen) atoms. The highest BCUT2D eigenvalue weighted by Gasteiger charge is 2.27. The molecule has 0 aromatic heterocycles. The van der Waals surface area contributed by atoms with E-state index < -0.39 is 0 Å². The number of guanidine groups is 1. The lowest BCUT2D eigenvalue weighted by Gasteiger charge is -2.23. The summed E-state index contributed by atoms with van der Waals surface area (Å²) in [4.78, 5) is 9.51. The number of anilines is 1. The number of hydrogen-bond donors (Lipinski definition) is 1. The third-order valence-electron chi connectivity index (χ3n) is 6.12. The SMILES string of the molecule is CN=C(NCC1CCN(c2ccccc2)C1)N1CCC(Cc2ccccc2)C1. The normalized spacial score (nSPS) is 22.7. The average Bonchev–Trinajstić information content (AvgIpc) is 3.40. The summed E-state index contributed by atoms with van der Waals surface area (Å²) in [5.41, 5.74) is 2.79. The first kappa shape index (κ1) is 18.9. The van der Waals surface area contributed by atoms with Gasteiger partial charge in [-0.15, -0.1) is 0 Å². The lowest BCUT2D eigenvalue weighted by atomic mass is 9.99. The van der Waals surface area contributed by atoms with Crippen LogP contribution < -0.4 is 10.2 Å². The molecule has 0 saturated carbocycles. The molecule has 0 bridgehead atoms. The summed E-state index contributed by atoms with van der Waals surface area (Å²) in [7, 11) is 1.91. The number of aliphatic imine (C=N–C) groups is 1. The largest absolute Gasteiger partial charge is 0.371 e. The maximum atomic E-state index is 4.57. The van der Waals surface area contributed by atoms with Crippen LogP contribution in [0.15, 0.2) is 65.7 Å². The molecule has 2 saturated heterocycles. The lowest BCUT2D eigenvalue weighted by Crippen LogP contribution is -2.42. The second-order valence-electron chi connectivity index (χ2n) is 8.15. The first-order valence-corrected chi connectivity index (χ1v) is 10.6. The fourth-order valence-electron chi connectivity index (χ4n) is 4.58. The van der Waals surface area contributed by atoms with E-state index in [4.69, 9.17) is 0 Å². The molecule has 0 spiro atoms. The maximum absolute atomic E-state index is 4.57. The van der Waals surface area contributed by atoms with Gasteiger partial charge in [-0.25, -0.2) is 0 Å². The van der Waals surface area contributed by atoms with E-state index in [1.165, 1.54) is 30.5 Å². The standard InChI is InChI=1S/C24H32N4/c1-25-24(28-15-12-21(18-28)16-20-8-4-2-5-9-20)26-17-22-13-14-27(19-22)23-10-6-3-7-11-23/h2-11,21-22H,12-19H2,1H3,(H,25,26). The highest BCUT2D eigenvalue weighted by atomic mass is 15.3. The predicted octanol–water partition coefficient (Wildman–Crippen LogP) is 3.65. The molecule has 148 valence electrons. The van der Waals surface area contributed by atoms with Gasteiger partial charge in [-0.3, -0.25) is 4.99 Å². The first-order valence-electron chi connectivity index (χ1n) is 10.6. The molecule has 2 heterocycles. The van der Waals surface area contributed by atoms with Crippen molar-refractivity contribution in [1.29, 1.82) is 0 Å². The molecule has 0 aliphatic carbocycles. The van der Waals surface area contributed by atoms with Crippen molar-refractivity contribution in [3.8, 4) is 0 Å². The van der Waals surface area contributed by atoms with Crippen LogP contribution in [0.4, 0.5) is 5.69 Å². The molecule has 4 nitrogen and oxygen atoms in total. The minimum Gasteiger partial charge on any atom is -0.371 e. The molecular formula is C24H32N4. The first-order chi connectivity index (χ1) is 13.8. The van der Waals surface area contributed by atoms with Gasteiger partial charge >= 0.3 is 0 Å². The van der Waals surface area contributed by atoms with Crippen LogP contribution in [-0.2, 0) is 6.42 Å². The van der Waals surface area contributed by atoms with Gasteiger partial charge < -0.3 is 15.1 Å². The Morgan fingerprint density at radius 2 is 1.64 bits per heavy atom. The van der Waals surface area contributed by atoms with Gasteiger partial charge in [0.1, 0.15) is 0 Å². The Labute approximate surface area is 169 Å². The number of likely N-dealkylation sites (tertiary alicyclic amines) is 1. The van der Waals surface area contributed by atoms with E-state index in [2.05, 4.69) is 80.8 Å². The van der Waals surface area contributed by atoms with Gasteiger partial charge in [0, 0.05) is 45.5 Å². The molecule has 1 N–H and O–H groups in total. The van der Waals surface area contributed by atoms with E-state index in [0.29, 0.717) is 5.92 Å². The summed E-state index contributed by atoms with van der Waals surface area (Å²) in [5, 5.41) is 3.66. The summed E-state index contributed by atoms with van der Waals surface area (Å²) in [6, 6.07) is 21.6. The van der Waals surface area contributed by atoms with Gasteiger partial charge in [0.05, 0.1) is 0 Å². The number of nitrogens with zero attached hydrogens (tertiary/aromatic N) is 3. The predicted molar refractivity (Wildman–Crippen MR) is 118 cm³/mol. The molecule has 2 unspecified atom stereocenters. The van der Waals surface area contributed by atoms with E-state index in [-0.39, 0.29) is 0 Å². The Morgan fingerprint density at radius 3 is 2.39 bits per heavy atom. The van der Waals surface area contributed by atoms with Crippen LogP contribution >= 0.6 is 0 Å². The van der Waals surface area contributed by atoms with Crippen molar-refractivity contribution < 1.29 is 0 Å². The van der Waals surface area contributed by atoms with E-state index in [1.807, 2.05) is 7.05 Å². The van der Waals surface area contributed by atoms with Crippen molar-refractivity contribution >= 4 is 11.6 Å². The highest BCUT2D eigenvalue weighted by Crippen LogP contribution is 2.24. The maximum Gasteiger partial charge on any atom is 0.193 e. The number of para-hydroxylation sites is 1. The van der Waals surface area contributed by atoms with Crippen LogP contribution in [0, 0.1) is 11.8 Å². The molecular weight excluding hydrogens is 344 g/mol. The fraction of sp³-hybridized carbons (Fsp3) is 0.458. The molecule has 0 amide bonds. The highest BCUT2D eigenvalue weighted by molar-refractivity contribution is 5.80. The summed E-state index contributed by atoms with van der Waals surface area (Å²) in [6.45, 7) is 5.51. The number of hydrogen-bond acceptors (Lipinski definition) is 2. The van der Waals surface area contributed by atoms with Crippen molar-refractivity contribution in [2.75, 3.05) is 44.7 Å². The molecule has 2 atom stereocenters. The Kier molecular flexibility index (Phi) is 6.15. The monoisotopic (exact) mass is 376 g/mol. The van der Waals surface area contributed by atoms with Crippen LogP contribution in [-0.4, -0.2) is 50.6 Å². The summed E-state index contributed by atoms with van der Waals surface area (Å²) >= 11 is 0. The van der Waals surface area contributed by atoms with Gasteiger partial charge in [0.25, 0.3) is 0 Å². The molecule has 2 aliphatic heterocycles. The second-order valence-corrected chi connectivity index (χ2v) is 8.15. The third-order valence-corrected chi connectivity index (χ3v) is 6.12. The van der Waals surface area contributed by atoms with Crippen LogP contribution in [0.1, 0.15) is 18.4 Å².